The highest BCUT2D eigenvalue weighted by Gasteiger charge is 2.61. The van der Waals surface area contributed by atoms with E-state index in [1.165, 1.54) is 44.9 Å². The lowest BCUT2D eigenvalue weighted by Gasteiger charge is -2.57. The summed E-state index contributed by atoms with van der Waals surface area (Å²) in [5, 5.41) is 10.7. The summed E-state index contributed by atoms with van der Waals surface area (Å²) >= 11 is 0. The molecule has 0 spiro atoms. The number of benzene rings is 1. The van der Waals surface area contributed by atoms with Crippen LogP contribution in [0, 0.1) is 59.7 Å². The summed E-state index contributed by atoms with van der Waals surface area (Å²) in [5.41, 5.74) is 1.03. The first-order chi connectivity index (χ1) is 16.6. The molecule has 2 unspecified atom stereocenters. The van der Waals surface area contributed by atoms with Crippen LogP contribution in [0.3, 0.4) is 0 Å². The van der Waals surface area contributed by atoms with E-state index < -0.39 is 15.7 Å². The van der Waals surface area contributed by atoms with Gasteiger partial charge in [0.1, 0.15) is 0 Å². The van der Waals surface area contributed by atoms with E-state index in [-0.39, 0.29) is 4.90 Å². The average molecular weight is 501 g/mol. The van der Waals surface area contributed by atoms with Gasteiger partial charge in [0.05, 0.1) is 17.1 Å². The van der Waals surface area contributed by atoms with E-state index in [1.807, 2.05) is 19.1 Å². The quantitative estimate of drug-likeness (QED) is 0.478. The first-order valence-electron chi connectivity index (χ1n) is 14.3. The molecule has 5 fully saturated rings. The van der Waals surface area contributed by atoms with Gasteiger partial charge < -0.3 is 5.11 Å². The third-order valence-corrected chi connectivity index (χ3v) is 12.8. The first-order valence-corrected chi connectivity index (χ1v) is 15.7. The number of aliphatic hydroxyl groups is 1. The van der Waals surface area contributed by atoms with Gasteiger partial charge in [0.15, 0.2) is 0 Å². The summed E-state index contributed by atoms with van der Waals surface area (Å²) in [5.74, 6) is 5.93. The molecule has 0 radical (unpaired) electrons. The van der Waals surface area contributed by atoms with Crippen molar-refractivity contribution in [1.29, 1.82) is 0 Å². The molecule has 0 bridgehead atoms. The Labute approximate surface area is 212 Å². The maximum atomic E-state index is 12.7. The summed E-state index contributed by atoms with van der Waals surface area (Å²) < 4.78 is 30.9. The Bertz CT molecular complexity index is 1050. The van der Waals surface area contributed by atoms with Gasteiger partial charge in [0, 0.05) is 0 Å². The number of aryl methyl sites for hydroxylation is 1. The molecule has 4 nitrogen and oxygen atoms in total. The first kappa shape index (κ1) is 24.4. The minimum Gasteiger partial charge on any atom is -0.390 e. The van der Waals surface area contributed by atoms with Crippen LogP contribution in [0.5, 0.6) is 0 Å². The van der Waals surface area contributed by atoms with Crippen molar-refractivity contribution in [2.45, 2.75) is 95.5 Å². The van der Waals surface area contributed by atoms with Gasteiger partial charge in [-0.2, -0.15) is 8.42 Å². The molecule has 0 amide bonds. The second kappa shape index (κ2) is 8.56. The third kappa shape index (κ3) is 4.32. The van der Waals surface area contributed by atoms with E-state index in [2.05, 4.69) is 13.8 Å². The topological polar surface area (TPSA) is 63.6 Å². The fraction of sp³-hybridized carbons (Fsp3) is 0.800. The summed E-state index contributed by atoms with van der Waals surface area (Å²) in [7, 11) is -3.67. The van der Waals surface area contributed by atoms with Crippen LogP contribution >= 0.6 is 0 Å². The fourth-order valence-electron chi connectivity index (χ4n) is 9.73. The molecule has 0 saturated heterocycles. The van der Waals surface area contributed by atoms with Gasteiger partial charge in [0.25, 0.3) is 10.1 Å². The van der Waals surface area contributed by atoms with Gasteiger partial charge in [-0.05, 0) is 143 Å². The van der Waals surface area contributed by atoms with E-state index in [9.17, 15) is 13.5 Å². The van der Waals surface area contributed by atoms with Crippen molar-refractivity contribution >= 4 is 10.1 Å². The zero-order valence-electron chi connectivity index (χ0n) is 21.8. The standard InChI is InChI=1S/C30H44O4S/c1-19-4-7-22(8-5-19)35(32,33)34-18-21-16-26(21)28-11-10-27-25-9-6-20-17-29(2,31)14-12-23(20)24(25)13-15-30(27,28)3/h4-5,7-8,20-21,23-28,31H,6,9-18H2,1-3H3/t20-,21?,23+,24-,25-,26?,27+,28-,29-,30+/m1/s1. The van der Waals surface area contributed by atoms with Crippen LogP contribution in [-0.4, -0.2) is 25.7 Å². The van der Waals surface area contributed by atoms with Crippen LogP contribution in [0.15, 0.2) is 29.2 Å². The molecule has 5 aliphatic rings. The van der Waals surface area contributed by atoms with Gasteiger partial charge in [-0.25, -0.2) is 0 Å². The molecular formula is C30H44O4S. The van der Waals surface area contributed by atoms with Crippen LogP contribution in [0.1, 0.15) is 83.6 Å². The van der Waals surface area contributed by atoms with E-state index in [1.54, 1.807) is 12.1 Å². The molecule has 1 aromatic rings. The summed E-state index contributed by atoms with van der Waals surface area (Å²) in [6.07, 6.45) is 12.4. The number of hydrogen-bond acceptors (Lipinski definition) is 4. The van der Waals surface area contributed by atoms with Gasteiger partial charge >= 0.3 is 0 Å². The highest BCUT2D eigenvalue weighted by Crippen LogP contribution is 2.68. The normalized spacial score (nSPS) is 47.0. The SMILES string of the molecule is Cc1ccc(S(=O)(=O)OCC2CC2[C@H]2CC[C@H]3[C@@H]4CC[C@@H]5C[C@](C)(O)CC[C@@H]5[C@H]4CC[C@]23C)cc1. The Kier molecular flexibility index (Phi) is 5.97. The molecule has 5 aliphatic carbocycles. The van der Waals surface area contributed by atoms with Gasteiger partial charge in [-0.15, -0.1) is 0 Å². The number of fused-ring (bicyclic) bond motifs is 5. The lowest BCUT2D eigenvalue weighted by molar-refractivity contribution is -0.101. The van der Waals surface area contributed by atoms with Crippen molar-refractivity contribution in [3.05, 3.63) is 29.8 Å². The van der Waals surface area contributed by atoms with E-state index in [4.69, 9.17) is 4.18 Å². The van der Waals surface area contributed by atoms with Crippen LogP contribution < -0.4 is 0 Å². The summed E-state index contributed by atoms with van der Waals surface area (Å²) in [4.78, 5) is 0.270. The van der Waals surface area contributed by atoms with Crippen molar-refractivity contribution in [2.24, 2.45) is 52.8 Å². The molecule has 194 valence electrons. The van der Waals surface area contributed by atoms with E-state index >= 15 is 0 Å². The van der Waals surface area contributed by atoms with Crippen molar-refractivity contribution < 1.29 is 17.7 Å². The maximum absolute atomic E-state index is 12.7. The Morgan fingerprint density at radius 3 is 2.31 bits per heavy atom. The van der Waals surface area contributed by atoms with E-state index in [0.29, 0.717) is 23.9 Å². The zero-order valence-corrected chi connectivity index (χ0v) is 22.6. The molecule has 35 heavy (non-hydrogen) atoms. The predicted molar refractivity (Wildman–Crippen MR) is 137 cm³/mol. The largest absolute Gasteiger partial charge is 0.390 e. The Balaban J connectivity index is 1.09. The summed E-state index contributed by atoms with van der Waals surface area (Å²) in [6.45, 7) is 6.94. The smallest absolute Gasteiger partial charge is 0.296 e. The van der Waals surface area contributed by atoms with Gasteiger partial charge in [-0.3, -0.25) is 4.18 Å². The van der Waals surface area contributed by atoms with Crippen molar-refractivity contribution in [3.63, 3.8) is 0 Å². The predicted octanol–water partition coefficient (Wildman–Crippen LogP) is 6.36. The Morgan fingerprint density at radius 1 is 0.886 bits per heavy atom. The lowest BCUT2D eigenvalue weighted by Crippen LogP contribution is -2.50. The van der Waals surface area contributed by atoms with Crippen molar-refractivity contribution in [3.8, 4) is 0 Å². The minimum atomic E-state index is -3.67. The Hall–Kier alpha value is -0.910. The number of hydrogen-bond donors (Lipinski definition) is 1. The highest BCUT2D eigenvalue weighted by molar-refractivity contribution is 7.86. The lowest BCUT2D eigenvalue weighted by atomic mass is 9.49. The molecule has 6 rings (SSSR count). The molecule has 1 aromatic carbocycles. The molecule has 5 saturated carbocycles. The van der Waals surface area contributed by atoms with Crippen LogP contribution in [0.2, 0.25) is 0 Å². The number of rotatable bonds is 5. The molecule has 0 heterocycles. The van der Waals surface area contributed by atoms with Gasteiger partial charge in [-0.1, -0.05) is 24.6 Å². The zero-order chi connectivity index (χ0) is 24.6. The van der Waals surface area contributed by atoms with Crippen LogP contribution in [0.25, 0.3) is 0 Å². The maximum Gasteiger partial charge on any atom is 0.296 e. The summed E-state index contributed by atoms with van der Waals surface area (Å²) in [6, 6.07) is 6.96. The second-order valence-electron chi connectivity index (χ2n) is 13.6. The van der Waals surface area contributed by atoms with Crippen LogP contribution in [0.4, 0.5) is 0 Å². The highest BCUT2D eigenvalue weighted by atomic mass is 32.2. The molecule has 0 aliphatic heterocycles. The molecule has 0 aromatic heterocycles. The molecule has 1 N–H and O–H groups in total. The Morgan fingerprint density at radius 2 is 1.57 bits per heavy atom. The third-order valence-electron chi connectivity index (χ3n) is 11.6. The molecule has 10 atom stereocenters. The fourth-order valence-corrected chi connectivity index (χ4v) is 10.7. The monoisotopic (exact) mass is 500 g/mol. The molecule has 5 heteroatoms. The minimum absolute atomic E-state index is 0.270. The van der Waals surface area contributed by atoms with Crippen LogP contribution in [-0.2, 0) is 14.3 Å². The van der Waals surface area contributed by atoms with Crippen molar-refractivity contribution in [1.82, 2.24) is 0 Å². The second-order valence-corrected chi connectivity index (χ2v) is 15.2. The molecular weight excluding hydrogens is 456 g/mol. The van der Waals surface area contributed by atoms with Gasteiger partial charge in [0.2, 0.25) is 0 Å². The van der Waals surface area contributed by atoms with E-state index in [0.717, 1.165) is 60.3 Å². The average Bonchev–Trinajstić information content (AvgIpc) is 3.49. The van der Waals surface area contributed by atoms with Crippen molar-refractivity contribution in [2.75, 3.05) is 6.61 Å².